The van der Waals surface area contributed by atoms with Crippen LogP contribution in [0.4, 0.5) is 0 Å². The molecule has 1 aromatic heterocycles. The molecule has 0 spiro atoms. The number of thiophene rings is 1. The van der Waals surface area contributed by atoms with Gasteiger partial charge in [-0.2, -0.15) is 0 Å². The normalized spacial score (nSPS) is 10.9. The first kappa shape index (κ1) is 11.0. The van der Waals surface area contributed by atoms with E-state index in [0.29, 0.717) is 0 Å². The summed E-state index contributed by atoms with van der Waals surface area (Å²) in [6.45, 7) is 2.16. The number of rotatable bonds is 1. The van der Waals surface area contributed by atoms with E-state index in [1.165, 1.54) is 31.2 Å². The van der Waals surface area contributed by atoms with E-state index in [4.69, 9.17) is 0 Å². The van der Waals surface area contributed by atoms with Gasteiger partial charge in [-0.3, -0.25) is 0 Å². The quantitative estimate of drug-likeness (QED) is 0.546. The average Bonchev–Trinajstić information content (AvgIpc) is 2.75. The standard InChI is InChI=1S/C15H11BrS/c1-10-5-2-3-6-11(10)13-9-17-15-12(13)7-4-8-14(15)16/h2-9H,1H3. The monoisotopic (exact) mass is 302 g/mol. The molecule has 0 aliphatic carbocycles. The molecule has 17 heavy (non-hydrogen) atoms. The van der Waals surface area contributed by atoms with Crippen molar-refractivity contribution in [1.29, 1.82) is 0 Å². The van der Waals surface area contributed by atoms with Gasteiger partial charge in [0, 0.05) is 20.1 Å². The van der Waals surface area contributed by atoms with E-state index in [-0.39, 0.29) is 0 Å². The molecule has 3 aromatic rings. The van der Waals surface area contributed by atoms with Crippen LogP contribution in [0.15, 0.2) is 52.3 Å². The summed E-state index contributed by atoms with van der Waals surface area (Å²) in [6, 6.07) is 14.9. The van der Waals surface area contributed by atoms with E-state index in [2.05, 4.69) is 70.7 Å². The van der Waals surface area contributed by atoms with Gasteiger partial charge in [0.25, 0.3) is 0 Å². The summed E-state index contributed by atoms with van der Waals surface area (Å²) in [6.07, 6.45) is 0. The number of aryl methyl sites for hydroxylation is 1. The second kappa shape index (κ2) is 4.28. The predicted octanol–water partition coefficient (Wildman–Crippen LogP) is 5.64. The Hall–Kier alpha value is -1.12. The molecule has 1 heterocycles. The molecule has 0 amide bonds. The minimum absolute atomic E-state index is 1.18. The topological polar surface area (TPSA) is 0 Å². The van der Waals surface area contributed by atoms with Crippen LogP contribution in [-0.4, -0.2) is 0 Å². The minimum Gasteiger partial charge on any atom is -0.142 e. The molecule has 0 fully saturated rings. The molecule has 2 heteroatoms. The fraction of sp³-hybridized carbons (Fsp3) is 0.0667. The minimum atomic E-state index is 1.18. The highest BCUT2D eigenvalue weighted by Gasteiger charge is 2.09. The molecule has 0 saturated carbocycles. The van der Waals surface area contributed by atoms with Gasteiger partial charge in [0.1, 0.15) is 0 Å². The van der Waals surface area contributed by atoms with Gasteiger partial charge in [0.15, 0.2) is 0 Å². The highest BCUT2D eigenvalue weighted by molar-refractivity contribution is 9.10. The maximum Gasteiger partial charge on any atom is 0.0491 e. The summed E-state index contributed by atoms with van der Waals surface area (Å²) >= 11 is 5.41. The van der Waals surface area contributed by atoms with E-state index in [9.17, 15) is 0 Å². The van der Waals surface area contributed by atoms with Crippen molar-refractivity contribution in [2.75, 3.05) is 0 Å². The van der Waals surface area contributed by atoms with Crippen LogP contribution in [0.2, 0.25) is 0 Å². The van der Waals surface area contributed by atoms with Crippen LogP contribution < -0.4 is 0 Å². The molecular formula is C15H11BrS. The van der Waals surface area contributed by atoms with Crippen molar-refractivity contribution in [3.8, 4) is 11.1 Å². The molecule has 2 aromatic carbocycles. The summed E-state index contributed by atoms with van der Waals surface area (Å²) in [4.78, 5) is 0. The fourth-order valence-electron chi connectivity index (χ4n) is 2.11. The Morgan fingerprint density at radius 1 is 0.941 bits per heavy atom. The molecule has 0 N–H and O–H groups in total. The number of hydrogen-bond donors (Lipinski definition) is 0. The summed E-state index contributed by atoms with van der Waals surface area (Å²) < 4.78 is 2.51. The van der Waals surface area contributed by atoms with Gasteiger partial charge in [0.05, 0.1) is 0 Å². The van der Waals surface area contributed by atoms with Crippen molar-refractivity contribution in [1.82, 2.24) is 0 Å². The predicted molar refractivity (Wildman–Crippen MR) is 79.7 cm³/mol. The molecule has 0 bridgehead atoms. The number of hydrogen-bond acceptors (Lipinski definition) is 1. The van der Waals surface area contributed by atoms with Crippen LogP contribution in [0.3, 0.4) is 0 Å². The first-order valence-corrected chi connectivity index (χ1v) is 7.16. The zero-order valence-electron chi connectivity index (χ0n) is 9.41. The van der Waals surface area contributed by atoms with Crippen LogP contribution in [0.25, 0.3) is 21.2 Å². The zero-order valence-corrected chi connectivity index (χ0v) is 11.8. The molecule has 0 radical (unpaired) electrons. The van der Waals surface area contributed by atoms with E-state index < -0.39 is 0 Å². The van der Waals surface area contributed by atoms with Gasteiger partial charge in [-0.25, -0.2) is 0 Å². The van der Waals surface area contributed by atoms with Crippen LogP contribution in [0.1, 0.15) is 5.56 Å². The third kappa shape index (κ3) is 1.81. The van der Waals surface area contributed by atoms with Gasteiger partial charge in [-0.1, -0.05) is 36.4 Å². The Kier molecular flexibility index (Phi) is 2.77. The largest absolute Gasteiger partial charge is 0.142 e. The lowest BCUT2D eigenvalue weighted by atomic mass is 10.0. The fourth-order valence-corrected chi connectivity index (χ4v) is 3.73. The van der Waals surface area contributed by atoms with Crippen LogP contribution in [-0.2, 0) is 0 Å². The average molecular weight is 303 g/mol. The Morgan fingerprint density at radius 2 is 1.76 bits per heavy atom. The zero-order chi connectivity index (χ0) is 11.8. The van der Waals surface area contributed by atoms with Gasteiger partial charge in [-0.15, -0.1) is 11.3 Å². The molecule has 0 aliphatic heterocycles. The molecule has 0 unspecified atom stereocenters. The van der Waals surface area contributed by atoms with Crippen LogP contribution in [0, 0.1) is 6.92 Å². The van der Waals surface area contributed by atoms with Gasteiger partial charge < -0.3 is 0 Å². The maximum atomic E-state index is 3.61. The summed E-state index contributed by atoms with van der Waals surface area (Å²) in [5.41, 5.74) is 3.99. The highest BCUT2D eigenvalue weighted by Crippen LogP contribution is 2.38. The van der Waals surface area contributed by atoms with Crippen molar-refractivity contribution in [3.63, 3.8) is 0 Å². The molecule has 0 nitrogen and oxygen atoms in total. The number of fused-ring (bicyclic) bond motifs is 1. The number of halogens is 1. The van der Waals surface area contributed by atoms with E-state index in [1.807, 2.05) is 0 Å². The van der Waals surface area contributed by atoms with Crippen LogP contribution in [0.5, 0.6) is 0 Å². The maximum absolute atomic E-state index is 3.61. The van der Waals surface area contributed by atoms with E-state index in [1.54, 1.807) is 11.3 Å². The van der Waals surface area contributed by atoms with E-state index >= 15 is 0 Å². The van der Waals surface area contributed by atoms with Crippen LogP contribution >= 0.6 is 27.3 Å². The second-order valence-corrected chi connectivity index (χ2v) is 5.81. The second-order valence-electron chi connectivity index (χ2n) is 4.08. The Labute approximate surface area is 113 Å². The molecule has 0 saturated heterocycles. The van der Waals surface area contributed by atoms with Gasteiger partial charge in [0.2, 0.25) is 0 Å². The van der Waals surface area contributed by atoms with Crippen molar-refractivity contribution in [2.45, 2.75) is 6.92 Å². The molecule has 3 rings (SSSR count). The summed E-state index contributed by atoms with van der Waals surface area (Å²) in [7, 11) is 0. The lowest BCUT2D eigenvalue weighted by Gasteiger charge is -2.04. The lowest BCUT2D eigenvalue weighted by Crippen LogP contribution is -1.80. The van der Waals surface area contributed by atoms with Crippen molar-refractivity contribution in [2.24, 2.45) is 0 Å². The number of benzene rings is 2. The highest BCUT2D eigenvalue weighted by atomic mass is 79.9. The van der Waals surface area contributed by atoms with Crippen molar-refractivity contribution in [3.05, 3.63) is 57.9 Å². The smallest absolute Gasteiger partial charge is 0.0491 e. The molecular weight excluding hydrogens is 292 g/mol. The van der Waals surface area contributed by atoms with Crippen molar-refractivity contribution >= 4 is 37.4 Å². The lowest BCUT2D eigenvalue weighted by molar-refractivity contribution is 1.47. The first-order valence-electron chi connectivity index (χ1n) is 5.49. The SMILES string of the molecule is Cc1ccccc1-c1csc2c(Br)cccc12. The Bertz CT molecular complexity index is 682. The van der Waals surface area contributed by atoms with Gasteiger partial charge >= 0.3 is 0 Å². The molecule has 0 aliphatic rings. The molecule has 84 valence electrons. The third-order valence-corrected chi connectivity index (χ3v) is 4.94. The third-order valence-electron chi connectivity index (χ3n) is 2.99. The van der Waals surface area contributed by atoms with E-state index in [0.717, 1.165) is 0 Å². The first-order chi connectivity index (χ1) is 8.27. The Morgan fingerprint density at radius 3 is 2.59 bits per heavy atom. The Balaban J connectivity index is 2.33. The van der Waals surface area contributed by atoms with Gasteiger partial charge in [-0.05, 0) is 45.4 Å². The van der Waals surface area contributed by atoms with Crippen molar-refractivity contribution < 1.29 is 0 Å². The summed E-state index contributed by atoms with van der Waals surface area (Å²) in [5, 5.41) is 3.58. The molecule has 0 atom stereocenters. The summed E-state index contributed by atoms with van der Waals surface area (Å²) in [5.74, 6) is 0.